The molecule has 0 saturated carbocycles. The molecule has 7 nitrogen and oxygen atoms in total. The van der Waals surface area contributed by atoms with Crippen LogP contribution in [0, 0.1) is 6.92 Å². The maximum atomic E-state index is 13.0. The molecule has 0 aliphatic heterocycles. The number of thiophene rings is 1. The van der Waals surface area contributed by atoms with Crippen molar-refractivity contribution >= 4 is 33.2 Å². The first-order chi connectivity index (χ1) is 15.0. The first kappa shape index (κ1) is 21.2. The first-order valence-corrected chi connectivity index (χ1v) is 11.6. The lowest BCUT2D eigenvalue weighted by Gasteiger charge is -2.14. The lowest BCUT2D eigenvalue weighted by molar-refractivity contribution is -0.121. The van der Waals surface area contributed by atoms with Gasteiger partial charge < -0.3 is 5.32 Å². The number of hydrogen-bond acceptors (Lipinski definition) is 5. The van der Waals surface area contributed by atoms with Crippen molar-refractivity contribution in [2.24, 2.45) is 0 Å². The molecule has 1 atom stereocenters. The fourth-order valence-electron chi connectivity index (χ4n) is 3.69. The monoisotopic (exact) mass is 437 g/mol. The summed E-state index contributed by atoms with van der Waals surface area (Å²) in [5, 5.41) is 13.6. The van der Waals surface area contributed by atoms with Crippen LogP contribution in [0.2, 0.25) is 0 Å². The van der Waals surface area contributed by atoms with E-state index in [0.717, 1.165) is 23.3 Å². The quantitative estimate of drug-likeness (QED) is 0.451. The van der Waals surface area contributed by atoms with Gasteiger partial charge in [-0.25, -0.2) is 0 Å². The second-order valence-electron chi connectivity index (χ2n) is 7.93. The second kappa shape index (κ2) is 9.01. The van der Waals surface area contributed by atoms with E-state index < -0.39 is 0 Å². The van der Waals surface area contributed by atoms with Crippen LogP contribution in [0.15, 0.2) is 40.5 Å². The zero-order chi connectivity index (χ0) is 22.0. The maximum Gasteiger partial charge on any atom is 0.273 e. The minimum Gasteiger partial charge on any atom is -0.352 e. The molecule has 8 heteroatoms. The molecule has 4 rings (SSSR count). The van der Waals surface area contributed by atoms with Gasteiger partial charge in [0.05, 0.1) is 5.52 Å². The number of benzene rings is 1. The van der Waals surface area contributed by atoms with Gasteiger partial charge in [0.25, 0.3) is 5.56 Å². The van der Waals surface area contributed by atoms with Gasteiger partial charge in [-0.1, -0.05) is 36.8 Å². The number of fused-ring (bicyclic) bond motifs is 3. The van der Waals surface area contributed by atoms with E-state index in [9.17, 15) is 9.59 Å². The van der Waals surface area contributed by atoms with E-state index in [2.05, 4.69) is 22.4 Å². The van der Waals surface area contributed by atoms with Crippen molar-refractivity contribution in [2.45, 2.75) is 59.0 Å². The Bertz CT molecular complexity index is 1270. The third kappa shape index (κ3) is 4.25. The maximum absolute atomic E-state index is 13.0. The molecule has 1 amide bonds. The molecule has 3 aromatic heterocycles. The van der Waals surface area contributed by atoms with Crippen LogP contribution in [-0.4, -0.2) is 25.1 Å². The van der Waals surface area contributed by atoms with Crippen LogP contribution in [0.1, 0.15) is 56.1 Å². The average Bonchev–Trinajstić information content (AvgIpc) is 3.41. The summed E-state index contributed by atoms with van der Waals surface area (Å²) in [5.41, 5.74) is 3.12. The molecule has 0 aliphatic rings. The number of aryl methyl sites for hydroxylation is 2. The highest BCUT2D eigenvalue weighted by molar-refractivity contribution is 7.17. The summed E-state index contributed by atoms with van der Waals surface area (Å²) in [6, 6.07) is 10.1. The van der Waals surface area contributed by atoms with Gasteiger partial charge >= 0.3 is 0 Å². The molecule has 0 aliphatic carbocycles. The number of nitrogens with one attached hydrogen (secondary N) is 1. The Morgan fingerprint density at radius 2 is 1.97 bits per heavy atom. The van der Waals surface area contributed by atoms with E-state index in [4.69, 9.17) is 0 Å². The van der Waals surface area contributed by atoms with Crippen molar-refractivity contribution in [3.05, 3.63) is 63.0 Å². The SMILES string of the molecule is CC[C@@H](C)n1c(=O)c2sccc2n2c(CCCC(=O)NCc3ccc(C)cc3)nnc12. The van der Waals surface area contributed by atoms with Crippen LogP contribution in [0.3, 0.4) is 0 Å². The van der Waals surface area contributed by atoms with Gasteiger partial charge in [0.1, 0.15) is 10.5 Å². The molecule has 1 aromatic carbocycles. The fraction of sp³-hybridized carbons (Fsp3) is 0.391. The summed E-state index contributed by atoms with van der Waals surface area (Å²) in [7, 11) is 0. The number of amides is 1. The minimum atomic E-state index is -0.0127. The van der Waals surface area contributed by atoms with Crippen molar-refractivity contribution in [2.75, 3.05) is 0 Å². The number of carbonyl (C=O) groups is 1. The van der Waals surface area contributed by atoms with Gasteiger partial charge in [-0.3, -0.25) is 18.6 Å². The highest BCUT2D eigenvalue weighted by atomic mass is 32.1. The number of carbonyl (C=O) groups excluding carboxylic acids is 1. The number of rotatable bonds is 8. The van der Waals surface area contributed by atoms with Gasteiger partial charge in [0.15, 0.2) is 0 Å². The largest absolute Gasteiger partial charge is 0.352 e. The molecular weight excluding hydrogens is 410 g/mol. The minimum absolute atomic E-state index is 0.0127. The molecule has 0 radical (unpaired) electrons. The molecule has 0 fully saturated rings. The van der Waals surface area contributed by atoms with Gasteiger partial charge in [-0.15, -0.1) is 21.5 Å². The van der Waals surface area contributed by atoms with E-state index in [-0.39, 0.29) is 17.5 Å². The zero-order valence-electron chi connectivity index (χ0n) is 18.1. The van der Waals surface area contributed by atoms with Gasteiger partial charge in [-0.05, 0) is 43.7 Å². The molecule has 1 N–H and O–H groups in total. The lowest BCUT2D eigenvalue weighted by atomic mass is 10.1. The highest BCUT2D eigenvalue weighted by Gasteiger charge is 2.19. The molecule has 0 unspecified atom stereocenters. The molecular formula is C23H27N5O2S. The van der Waals surface area contributed by atoms with Gasteiger partial charge in [0.2, 0.25) is 11.7 Å². The Morgan fingerprint density at radius 3 is 2.71 bits per heavy atom. The van der Waals surface area contributed by atoms with E-state index in [1.807, 2.05) is 54.0 Å². The van der Waals surface area contributed by atoms with E-state index >= 15 is 0 Å². The van der Waals surface area contributed by atoms with Crippen molar-refractivity contribution in [1.29, 1.82) is 0 Å². The molecule has 3 heterocycles. The number of nitrogens with zero attached hydrogens (tertiary/aromatic N) is 4. The fourth-order valence-corrected chi connectivity index (χ4v) is 4.50. The number of hydrogen-bond donors (Lipinski definition) is 1. The Balaban J connectivity index is 1.48. The molecule has 4 aromatic rings. The molecule has 31 heavy (non-hydrogen) atoms. The van der Waals surface area contributed by atoms with Crippen LogP contribution in [0.5, 0.6) is 0 Å². The summed E-state index contributed by atoms with van der Waals surface area (Å²) < 4.78 is 4.43. The zero-order valence-corrected chi connectivity index (χ0v) is 18.9. The van der Waals surface area contributed by atoms with Crippen LogP contribution >= 0.6 is 11.3 Å². The Morgan fingerprint density at radius 1 is 1.19 bits per heavy atom. The van der Waals surface area contributed by atoms with Gasteiger partial charge in [-0.2, -0.15) is 0 Å². The van der Waals surface area contributed by atoms with E-state index in [1.165, 1.54) is 16.9 Å². The van der Waals surface area contributed by atoms with Crippen molar-refractivity contribution in [1.82, 2.24) is 24.5 Å². The average molecular weight is 438 g/mol. The smallest absolute Gasteiger partial charge is 0.273 e. The van der Waals surface area contributed by atoms with Crippen molar-refractivity contribution in [3.8, 4) is 0 Å². The van der Waals surface area contributed by atoms with Crippen LogP contribution in [-0.2, 0) is 17.8 Å². The molecule has 162 valence electrons. The highest BCUT2D eigenvalue weighted by Crippen LogP contribution is 2.23. The Labute approximate surface area is 184 Å². The van der Waals surface area contributed by atoms with E-state index in [0.29, 0.717) is 36.3 Å². The Hall–Kier alpha value is -3.00. The van der Waals surface area contributed by atoms with Crippen molar-refractivity contribution in [3.63, 3.8) is 0 Å². The summed E-state index contributed by atoms with van der Waals surface area (Å²) in [4.78, 5) is 25.2. The summed E-state index contributed by atoms with van der Waals surface area (Å²) in [6.45, 7) is 6.65. The molecule has 0 bridgehead atoms. The molecule has 0 saturated heterocycles. The summed E-state index contributed by atoms with van der Waals surface area (Å²) in [5.74, 6) is 1.37. The second-order valence-corrected chi connectivity index (χ2v) is 8.85. The summed E-state index contributed by atoms with van der Waals surface area (Å²) in [6.07, 6.45) is 2.52. The van der Waals surface area contributed by atoms with Crippen molar-refractivity contribution < 1.29 is 4.79 Å². The van der Waals surface area contributed by atoms with Crippen LogP contribution in [0.4, 0.5) is 0 Å². The normalized spacial score (nSPS) is 12.5. The number of aromatic nitrogens is 4. The Kier molecular flexibility index (Phi) is 6.18. The third-order valence-electron chi connectivity index (χ3n) is 5.67. The van der Waals surface area contributed by atoms with E-state index in [1.54, 1.807) is 4.57 Å². The topological polar surface area (TPSA) is 81.3 Å². The molecule has 0 spiro atoms. The predicted molar refractivity (Wildman–Crippen MR) is 124 cm³/mol. The predicted octanol–water partition coefficient (Wildman–Crippen LogP) is 4.02. The first-order valence-electron chi connectivity index (χ1n) is 10.7. The van der Waals surface area contributed by atoms with Gasteiger partial charge in [0, 0.05) is 25.4 Å². The third-order valence-corrected chi connectivity index (χ3v) is 6.56. The lowest BCUT2D eigenvalue weighted by Crippen LogP contribution is -2.25. The standard InChI is InChI=1S/C23H27N5O2S/c1-4-16(3)27-22(30)21-18(12-13-31-21)28-19(25-26-23(27)28)6-5-7-20(29)24-14-17-10-8-15(2)9-11-17/h8-13,16H,4-7,14H2,1-3H3,(H,24,29)/t16-/m1/s1. The summed E-state index contributed by atoms with van der Waals surface area (Å²) >= 11 is 1.44. The van der Waals surface area contributed by atoms with Crippen LogP contribution in [0.25, 0.3) is 16.0 Å². The van der Waals surface area contributed by atoms with Crippen LogP contribution < -0.4 is 10.9 Å².